The van der Waals surface area contributed by atoms with Crippen molar-refractivity contribution in [1.29, 1.82) is 0 Å². The lowest BCUT2D eigenvalue weighted by molar-refractivity contribution is 0.977. The van der Waals surface area contributed by atoms with E-state index in [9.17, 15) is 0 Å². The Morgan fingerprint density at radius 3 is 2.93 bits per heavy atom. The molecule has 4 nitrogen and oxygen atoms in total. The molecule has 0 radical (unpaired) electrons. The molecule has 0 aliphatic carbocycles. The average molecular weight is 223 g/mol. The molecule has 0 fully saturated rings. The monoisotopic (exact) mass is 222 g/mol. The van der Waals surface area contributed by atoms with Gasteiger partial charge in [-0.2, -0.15) is 0 Å². The predicted molar refractivity (Wildman–Crippen MR) is 61.2 cm³/mol. The Balaban J connectivity index is 2.16. The van der Waals surface area contributed by atoms with Gasteiger partial charge in [0.25, 0.3) is 0 Å². The second kappa shape index (κ2) is 4.89. The first-order valence-electron chi connectivity index (χ1n) is 4.78. The van der Waals surface area contributed by atoms with Crippen molar-refractivity contribution in [2.24, 2.45) is 0 Å². The molecule has 0 unspecified atom stereocenters. The van der Waals surface area contributed by atoms with Gasteiger partial charge in [0.2, 0.25) is 0 Å². The molecule has 0 amide bonds. The summed E-state index contributed by atoms with van der Waals surface area (Å²) in [5, 5.41) is 3.17. The molecule has 5 heteroatoms. The summed E-state index contributed by atoms with van der Waals surface area (Å²) >= 11 is 5.58. The van der Waals surface area contributed by atoms with Crippen molar-refractivity contribution in [2.75, 3.05) is 17.7 Å². The third kappa shape index (κ3) is 2.53. The molecule has 2 aromatic heterocycles. The Labute approximate surface area is 92.7 Å². The molecular formula is C10H11ClN4. The number of rotatable bonds is 4. The first-order chi connectivity index (χ1) is 7.40. The van der Waals surface area contributed by atoms with Crippen molar-refractivity contribution in [1.82, 2.24) is 15.0 Å². The van der Waals surface area contributed by atoms with E-state index in [1.165, 1.54) is 0 Å². The quantitative estimate of drug-likeness (QED) is 0.636. The number of nitrogens with zero attached hydrogens (tertiary/aromatic N) is 3. The molecule has 2 aromatic rings. The van der Waals surface area contributed by atoms with Gasteiger partial charge in [-0.05, 0) is 18.6 Å². The zero-order valence-corrected chi connectivity index (χ0v) is 8.91. The van der Waals surface area contributed by atoms with Gasteiger partial charge in [0, 0.05) is 24.8 Å². The van der Waals surface area contributed by atoms with Crippen LogP contribution in [0.2, 0.25) is 0 Å². The summed E-state index contributed by atoms with van der Waals surface area (Å²) in [6.07, 6.45) is 4.21. The third-order valence-corrected chi connectivity index (χ3v) is 2.22. The first kappa shape index (κ1) is 10.1. The number of anilines is 1. The summed E-state index contributed by atoms with van der Waals surface area (Å²) < 4.78 is 0. The predicted octanol–water partition coefficient (Wildman–Crippen LogP) is 2.07. The van der Waals surface area contributed by atoms with Crippen LogP contribution in [0.15, 0.2) is 24.5 Å². The molecule has 0 aliphatic rings. The van der Waals surface area contributed by atoms with E-state index in [4.69, 9.17) is 11.6 Å². The number of pyridine rings is 1. The SMILES string of the molecule is ClCCCNc1ccc2nccnc2n1. The van der Waals surface area contributed by atoms with Crippen LogP contribution >= 0.6 is 11.6 Å². The number of halogens is 1. The molecule has 0 saturated heterocycles. The van der Waals surface area contributed by atoms with Crippen molar-refractivity contribution in [3.63, 3.8) is 0 Å². The van der Waals surface area contributed by atoms with E-state index in [-0.39, 0.29) is 0 Å². The van der Waals surface area contributed by atoms with E-state index in [1.54, 1.807) is 12.4 Å². The Bertz CT molecular complexity index is 446. The van der Waals surface area contributed by atoms with Gasteiger partial charge in [0.05, 0.1) is 0 Å². The molecule has 0 aliphatic heterocycles. The second-order valence-corrected chi connectivity index (χ2v) is 3.44. The van der Waals surface area contributed by atoms with E-state index in [2.05, 4.69) is 20.3 Å². The molecule has 2 rings (SSSR count). The number of fused-ring (bicyclic) bond motifs is 1. The van der Waals surface area contributed by atoms with Crippen LogP contribution in [-0.4, -0.2) is 27.4 Å². The average Bonchev–Trinajstić information content (AvgIpc) is 2.29. The Morgan fingerprint density at radius 1 is 1.20 bits per heavy atom. The molecule has 0 saturated carbocycles. The summed E-state index contributed by atoms with van der Waals surface area (Å²) in [6.45, 7) is 0.822. The van der Waals surface area contributed by atoms with Crippen LogP contribution in [0.4, 0.5) is 5.82 Å². The van der Waals surface area contributed by atoms with Gasteiger partial charge in [-0.15, -0.1) is 11.6 Å². The summed E-state index contributed by atoms with van der Waals surface area (Å²) in [6, 6.07) is 3.80. The minimum absolute atomic E-state index is 0.653. The molecule has 0 atom stereocenters. The standard InChI is InChI=1S/C10H11ClN4/c11-4-1-5-13-9-3-2-8-10(15-9)14-7-6-12-8/h2-3,6-7H,1,4-5H2,(H,13,14,15). The molecule has 1 N–H and O–H groups in total. The lowest BCUT2D eigenvalue weighted by Gasteiger charge is -2.04. The lowest BCUT2D eigenvalue weighted by atomic mass is 10.4. The highest BCUT2D eigenvalue weighted by atomic mass is 35.5. The van der Waals surface area contributed by atoms with Crippen LogP contribution in [0.1, 0.15) is 6.42 Å². The highest BCUT2D eigenvalue weighted by Gasteiger charge is 1.98. The highest BCUT2D eigenvalue weighted by molar-refractivity contribution is 6.17. The van der Waals surface area contributed by atoms with E-state index in [0.717, 1.165) is 24.3 Å². The van der Waals surface area contributed by atoms with Crippen LogP contribution in [-0.2, 0) is 0 Å². The van der Waals surface area contributed by atoms with Gasteiger partial charge in [0.1, 0.15) is 11.3 Å². The van der Waals surface area contributed by atoms with E-state index in [0.29, 0.717) is 11.5 Å². The Kier molecular flexibility index (Phi) is 3.29. The van der Waals surface area contributed by atoms with Gasteiger partial charge in [-0.1, -0.05) is 0 Å². The zero-order chi connectivity index (χ0) is 10.5. The van der Waals surface area contributed by atoms with Gasteiger partial charge >= 0.3 is 0 Å². The van der Waals surface area contributed by atoms with Crippen molar-refractivity contribution < 1.29 is 0 Å². The lowest BCUT2D eigenvalue weighted by Crippen LogP contribution is -2.04. The third-order valence-electron chi connectivity index (χ3n) is 1.95. The topological polar surface area (TPSA) is 50.7 Å². The molecule has 78 valence electrons. The molecule has 0 aromatic carbocycles. The van der Waals surface area contributed by atoms with Crippen molar-refractivity contribution >= 4 is 28.6 Å². The van der Waals surface area contributed by atoms with Crippen LogP contribution < -0.4 is 5.32 Å². The number of hydrogen-bond acceptors (Lipinski definition) is 4. The molecular weight excluding hydrogens is 212 g/mol. The number of aromatic nitrogens is 3. The summed E-state index contributed by atoms with van der Waals surface area (Å²) in [5.74, 6) is 1.47. The van der Waals surface area contributed by atoms with Gasteiger partial charge in [0.15, 0.2) is 5.65 Å². The fourth-order valence-corrected chi connectivity index (χ4v) is 1.37. The Morgan fingerprint density at radius 2 is 2.07 bits per heavy atom. The Hall–Kier alpha value is -1.42. The van der Waals surface area contributed by atoms with Gasteiger partial charge in [-0.25, -0.2) is 9.97 Å². The fourth-order valence-electron chi connectivity index (χ4n) is 1.24. The molecule has 0 spiro atoms. The van der Waals surface area contributed by atoms with E-state index >= 15 is 0 Å². The normalized spacial score (nSPS) is 10.5. The maximum Gasteiger partial charge on any atom is 0.180 e. The number of hydrogen-bond donors (Lipinski definition) is 1. The van der Waals surface area contributed by atoms with Crippen molar-refractivity contribution in [3.05, 3.63) is 24.5 Å². The van der Waals surface area contributed by atoms with Gasteiger partial charge < -0.3 is 5.32 Å². The molecule has 15 heavy (non-hydrogen) atoms. The van der Waals surface area contributed by atoms with Crippen LogP contribution in [0.25, 0.3) is 11.2 Å². The van der Waals surface area contributed by atoms with Crippen LogP contribution in [0.3, 0.4) is 0 Å². The number of nitrogens with one attached hydrogen (secondary N) is 1. The highest BCUT2D eigenvalue weighted by Crippen LogP contribution is 2.09. The zero-order valence-electron chi connectivity index (χ0n) is 8.15. The second-order valence-electron chi connectivity index (χ2n) is 3.06. The minimum atomic E-state index is 0.653. The fraction of sp³-hybridized carbons (Fsp3) is 0.300. The maximum atomic E-state index is 5.58. The van der Waals surface area contributed by atoms with Crippen LogP contribution in [0.5, 0.6) is 0 Å². The number of alkyl halides is 1. The first-order valence-corrected chi connectivity index (χ1v) is 5.31. The largest absolute Gasteiger partial charge is 0.370 e. The van der Waals surface area contributed by atoms with E-state index in [1.807, 2.05) is 12.1 Å². The maximum absolute atomic E-state index is 5.58. The van der Waals surface area contributed by atoms with E-state index < -0.39 is 0 Å². The summed E-state index contributed by atoms with van der Waals surface area (Å²) in [7, 11) is 0. The van der Waals surface area contributed by atoms with Gasteiger partial charge in [-0.3, -0.25) is 4.98 Å². The summed E-state index contributed by atoms with van der Waals surface area (Å²) in [5.41, 5.74) is 1.47. The van der Waals surface area contributed by atoms with Crippen molar-refractivity contribution in [3.8, 4) is 0 Å². The minimum Gasteiger partial charge on any atom is -0.370 e. The molecule has 2 heterocycles. The smallest absolute Gasteiger partial charge is 0.180 e. The summed E-state index contributed by atoms with van der Waals surface area (Å²) in [4.78, 5) is 12.6. The van der Waals surface area contributed by atoms with Crippen LogP contribution in [0, 0.1) is 0 Å². The van der Waals surface area contributed by atoms with Crippen molar-refractivity contribution in [2.45, 2.75) is 6.42 Å². The molecule has 0 bridgehead atoms.